The fourth-order valence-corrected chi connectivity index (χ4v) is 3.44. The van der Waals surface area contributed by atoms with Gasteiger partial charge in [-0.3, -0.25) is 0 Å². The van der Waals surface area contributed by atoms with E-state index in [4.69, 9.17) is 16.3 Å². The second kappa shape index (κ2) is 6.37. The molecule has 0 saturated carbocycles. The average Bonchev–Trinajstić information content (AvgIpc) is 2.41. The first-order valence-corrected chi connectivity index (χ1v) is 7.83. The van der Waals surface area contributed by atoms with Crippen molar-refractivity contribution in [2.24, 2.45) is 0 Å². The molecule has 0 aliphatic carbocycles. The molecule has 0 saturated heterocycles. The molecular formula is C17H17BrClFO. The fourth-order valence-electron chi connectivity index (χ4n) is 2.44. The lowest BCUT2D eigenvalue weighted by atomic mass is 9.95. The molecule has 1 nitrogen and oxygen atoms in total. The van der Waals surface area contributed by atoms with Gasteiger partial charge < -0.3 is 4.74 Å². The molecule has 21 heavy (non-hydrogen) atoms. The Balaban J connectivity index is 2.65. The summed E-state index contributed by atoms with van der Waals surface area (Å²) in [4.78, 5) is 0. The molecule has 0 bridgehead atoms. The molecule has 0 heterocycles. The summed E-state index contributed by atoms with van der Waals surface area (Å²) in [6.45, 7) is 5.75. The zero-order valence-corrected chi connectivity index (χ0v) is 14.8. The van der Waals surface area contributed by atoms with Crippen LogP contribution in [-0.4, -0.2) is 7.11 Å². The molecule has 0 radical (unpaired) electrons. The van der Waals surface area contributed by atoms with E-state index in [1.54, 1.807) is 13.2 Å². The summed E-state index contributed by atoms with van der Waals surface area (Å²) in [5, 5.41) is -0.600. The van der Waals surface area contributed by atoms with E-state index in [2.05, 4.69) is 15.9 Å². The molecule has 0 N–H and O–H groups in total. The van der Waals surface area contributed by atoms with E-state index < -0.39 is 5.38 Å². The van der Waals surface area contributed by atoms with Crippen LogP contribution in [0.5, 0.6) is 5.75 Å². The molecule has 0 aromatic heterocycles. The number of hydrogen-bond acceptors (Lipinski definition) is 1. The zero-order valence-electron chi connectivity index (χ0n) is 12.4. The highest BCUT2D eigenvalue weighted by Gasteiger charge is 2.23. The van der Waals surface area contributed by atoms with E-state index in [9.17, 15) is 4.39 Å². The summed E-state index contributed by atoms with van der Waals surface area (Å²) in [7, 11) is 1.61. The van der Waals surface area contributed by atoms with Gasteiger partial charge in [-0.2, -0.15) is 0 Å². The van der Waals surface area contributed by atoms with E-state index in [1.165, 1.54) is 6.07 Å². The highest BCUT2D eigenvalue weighted by atomic mass is 79.9. The number of methoxy groups -OCH3 is 1. The van der Waals surface area contributed by atoms with E-state index in [-0.39, 0.29) is 5.82 Å². The summed E-state index contributed by atoms with van der Waals surface area (Å²) < 4.78 is 20.6. The third-order valence-electron chi connectivity index (χ3n) is 3.59. The lowest BCUT2D eigenvalue weighted by molar-refractivity contribution is 0.406. The lowest BCUT2D eigenvalue weighted by Crippen LogP contribution is -2.05. The van der Waals surface area contributed by atoms with Crippen molar-refractivity contribution in [1.29, 1.82) is 0 Å². The van der Waals surface area contributed by atoms with Gasteiger partial charge >= 0.3 is 0 Å². The molecule has 2 aromatic rings. The van der Waals surface area contributed by atoms with Gasteiger partial charge in [-0.15, -0.1) is 11.6 Å². The Morgan fingerprint density at radius 3 is 2.43 bits per heavy atom. The van der Waals surface area contributed by atoms with Crippen LogP contribution in [0.3, 0.4) is 0 Å². The van der Waals surface area contributed by atoms with Crippen LogP contribution in [0.1, 0.15) is 33.2 Å². The van der Waals surface area contributed by atoms with Gasteiger partial charge in [0.05, 0.1) is 12.5 Å². The molecule has 0 aliphatic rings. The Kier molecular flexibility index (Phi) is 4.95. The minimum absolute atomic E-state index is 0.297. The molecule has 0 aliphatic heterocycles. The normalized spacial score (nSPS) is 12.3. The van der Waals surface area contributed by atoms with Crippen molar-refractivity contribution >= 4 is 27.5 Å². The van der Waals surface area contributed by atoms with Gasteiger partial charge in [0.15, 0.2) is 0 Å². The molecule has 2 aromatic carbocycles. The van der Waals surface area contributed by atoms with Crippen molar-refractivity contribution in [2.75, 3.05) is 7.11 Å². The highest BCUT2D eigenvalue weighted by molar-refractivity contribution is 9.10. The maximum absolute atomic E-state index is 14.2. The van der Waals surface area contributed by atoms with Gasteiger partial charge in [-0.05, 0) is 49.6 Å². The van der Waals surface area contributed by atoms with Gasteiger partial charge in [-0.25, -0.2) is 4.39 Å². The van der Waals surface area contributed by atoms with E-state index in [0.29, 0.717) is 11.3 Å². The number of aryl methyl sites for hydroxylation is 2. The van der Waals surface area contributed by atoms with E-state index >= 15 is 0 Å². The van der Waals surface area contributed by atoms with Gasteiger partial charge in [-0.1, -0.05) is 28.1 Å². The molecule has 1 unspecified atom stereocenters. The topological polar surface area (TPSA) is 9.23 Å². The number of hydrogen-bond donors (Lipinski definition) is 0. The van der Waals surface area contributed by atoms with Crippen LogP contribution in [0.2, 0.25) is 0 Å². The fraction of sp³-hybridized carbons (Fsp3) is 0.294. The quantitative estimate of drug-likeness (QED) is 0.615. The SMILES string of the molecule is COc1c(C)cc(Br)c(C)c1C(Cl)c1ccc(C)cc1F. The minimum atomic E-state index is -0.600. The third kappa shape index (κ3) is 3.09. The van der Waals surface area contributed by atoms with Crippen LogP contribution >= 0.6 is 27.5 Å². The zero-order chi connectivity index (χ0) is 15.7. The first-order valence-electron chi connectivity index (χ1n) is 6.60. The second-order valence-corrected chi connectivity index (χ2v) is 6.43. The number of halogens is 3. The van der Waals surface area contributed by atoms with Crippen molar-refractivity contribution in [3.8, 4) is 5.75 Å². The largest absolute Gasteiger partial charge is 0.496 e. The molecule has 112 valence electrons. The maximum Gasteiger partial charge on any atom is 0.128 e. The maximum atomic E-state index is 14.2. The molecule has 0 spiro atoms. The van der Waals surface area contributed by atoms with Crippen molar-refractivity contribution in [3.05, 3.63) is 62.4 Å². The Morgan fingerprint density at radius 1 is 1.19 bits per heavy atom. The Morgan fingerprint density at radius 2 is 1.86 bits per heavy atom. The van der Waals surface area contributed by atoms with Crippen LogP contribution < -0.4 is 4.74 Å². The molecular weight excluding hydrogens is 355 g/mol. The molecule has 2 rings (SSSR count). The van der Waals surface area contributed by atoms with E-state index in [0.717, 1.165) is 26.7 Å². The Labute approximate surface area is 138 Å². The van der Waals surface area contributed by atoms with E-state index in [1.807, 2.05) is 32.9 Å². The smallest absolute Gasteiger partial charge is 0.128 e. The second-order valence-electron chi connectivity index (χ2n) is 5.13. The van der Waals surface area contributed by atoms with Crippen LogP contribution in [-0.2, 0) is 0 Å². The summed E-state index contributed by atoms with van der Waals surface area (Å²) in [5.41, 5.74) is 4.05. The van der Waals surface area contributed by atoms with Crippen molar-refractivity contribution < 1.29 is 9.13 Å². The molecule has 0 amide bonds. The summed E-state index contributed by atoms with van der Waals surface area (Å²) in [6, 6.07) is 7.07. The summed E-state index contributed by atoms with van der Waals surface area (Å²) in [6.07, 6.45) is 0. The number of alkyl halides is 1. The van der Waals surface area contributed by atoms with Gasteiger partial charge in [0, 0.05) is 15.6 Å². The average molecular weight is 372 g/mol. The Bertz CT molecular complexity index is 685. The molecule has 1 atom stereocenters. The van der Waals surface area contributed by atoms with Gasteiger partial charge in [0.25, 0.3) is 0 Å². The minimum Gasteiger partial charge on any atom is -0.496 e. The number of rotatable bonds is 3. The molecule has 4 heteroatoms. The first-order chi connectivity index (χ1) is 9.86. The van der Waals surface area contributed by atoms with Gasteiger partial charge in [0.1, 0.15) is 11.6 Å². The third-order valence-corrected chi connectivity index (χ3v) is 4.87. The van der Waals surface area contributed by atoms with Crippen LogP contribution in [0.4, 0.5) is 4.39 Å². The number of benzene rings is 2. The highest BCUT2D eigenvalue weighted by Crippen LogP contribution is 2.42. The van der Waals surface area contributed by atoms with Crippen LogP contribution in [0.15, 0.2) is 28.7 Å². The van der Waals surface area contributed by atoms with Crippen molar-refractivity contribution in [1.82, 2.24) is 0 Å². The number of ether oxygens (including phenoxy) is 1. The summed E-state index contributed by atoms with van der Waals surface area (Å²) >= 11 is 10.1. The lowest BCUT2D eigenvalue weighted by Gasteiger charge is -2.20. The summed E-state index contributed by atoms with van der Waals surface area (Å²) in [5.74, 6) is 0.407. The van der Waals surface area contributed by atoms with Crippen molar-refractivity contribution in [2.45, 2.75) is 26.1 Å². The monoisotopic (exact) mass is 370 g/mol. The standard InChI is InChI=1S/C17H17BrClFO/c1-9-5-6-12(14(20)7-9)16(19)15-11(3)13(18)8-10(2)17(15)21-4/h5-8,16H,1-4H3. The van der Waals surface area contributed by atoms with Crippen molar-refractivity contribution in [3.63, 3.8) is 0 Å². The van der Waals surface area contributed by atoms with Crippen LogP contribution in [0.25, 0.3) is 0 Å². The Hall–Kier alpha value is -1.06. The first kappa shape index (κ1) is 16.3. The predicted octanol–water partition coefficient (Wildman–Crippen LogP) is 5.85. The van der Waals surface area contributed by atoms with Gasteiger partial charge in [0.2, 0.25) is 0 Å². The predicted molar refractivity (Wildman–Crippen MR) is 89.0 cm³/mol. The van der Waals surface area contributed by atoms with Crippen LogP contribution in [0, 0.1) is 26.6 Å². The molecule has 0 fully saturated rings.